The Kier molecular flexibility index (Phi) is 8.29. The Balaban J connectivity index is 1.87. The smallest absolute Gasteiger partial charge is 0.343 e. The number of nitrogens with one attached hydrogen (secondary N) is 2. The van der Waals surface area contributed by atoms with Gasteiger partial charge in [0.15, 0.2) is 22.9 Å². The Morgan fingerprint density at radius 1 is 1.00 bits per heavy atom. The molecule has 1 heterocycles. The third-order valence-electron chi connectivity index (χ3n) is 4.44. The fourth-order valence-corrected chi connectivity index (χ4v) is 4.23. The lowest BCUT2D eigenvalue weighted by atomic mass is 10.1. The molecule has 0 saturated heterocycles. The number of methoxy groups -OCH3 is 3. The van der Waals surface area contributed by atoms with Gasteiger partial charge in [-0.1, -0.05) is 15.9 Å². The van der Waals surface area contributed by atoms with Gasteiger partial charge in [-0.2, -0.15) is 10.2 Å². The van der Waals surface area contributed by atoms with E-state index >= 15 is 0 Å². The second-order valence-corrected chi connectivity index (χ2v) is 8.51. The number of aryl methyl sites for hydroxylation is 1. The van der Waals surface area contributed by atoms with Crippen LogP contribution in [0.25, 0.3) is 0 Å². The van der Waals surface area contributed by atoms with Gasteiger partial charge in [0.1, 0.15) is 0 Å². The van der Waals surface area contributed by atoms with Crippen molar-refractivity contribution < 1.29 is 28.5 Å². The lowest BCUT2D eigenvalue weighted by molar-refractivity contribution is 0.0732. The first-order valence-electron chi connectivity index (χ1n) is 9.64. The van der Waals surface area contributed by atoms with Crippen LogP contribution in [0.1, 0.15) is 32.1 Å². The number of hydrogen-bond donors (Lipinski definition) is 2. The highest BCUT2D eigenvalue weighted by molar-refractivity contribution is 9.11. The number of aromatic amines is 1. The van der Waals surface area contributed by atoms with Crippen molar-refractivity contribution in [3.8, 4) is 23.0 Å². The molecule has 1 aromatic heterocycles. The van der Waals surface area contributed by atoms with Crippen LogP contribution in [0.15, 0.2) is 44.4 Å². The van der Waals surface area contributed by atoms with E-state index in [9.17, 15) is 9.59 Å². The van der Waals surface area contributed by atoms with Gasteiger partial charge >= 0.3 is 5.97 Å². The number of ether oxygens (including phenoxy) is 4. The Morgan fingerprint density at radius 2 is 1.68 bits per heavy atom. The SMILES string of the molecule is COc1cc(C(=O)Oc2c(Br)cc(Br)cc2/C=N\NC(=O)c2cc(C)[nH]n2)cc(OC)c1OC. The van der Waals surface area contributed by atoms with E-state index in [1.54, 1.807) is 25.1 Å². The quantitative estimate of drug-likeness (QED) is 0.173. The average Bonchev–Trinajstić information content (AvgIpc) is 3.26. The molecule has 0 aliphatic heterocycles. The predicted octanol–water partition coefficient (Wildman–Crippen LogP) is 4.25. The van der Waals surface area contributed by atoms with Gasteiger partial charge in [-0.05, 0) is 53.2 Å². The number of carbonyl (C=O) groups excluding carboxylic acids is 2. The first kappa shape index (κ1) is 25.2. The van der Waals surface area contributed by atoms with Crippen molar-refractivity contribution in [2.45, 2.75) is 6.92 Å². The Bertz CT molecular complexity index is 1230. The second kappa shape index (κ2) is 11.2. The van der Waals surface area contributed by atoms with Gasteiger partial charge < -0.3 is 18.9 Å². The van der Waals surface area contributed by atoms with Gasteiger partial charge in [0.25, 0.3) is 5.91 Å². The van der Waals surface area contributed by atoms with Crippen LogP contribution in [0.4, 0.5) is 0 Å². The lowest BCUT2D eigenvalue weighted by Gasteiger charge is -2.15. The zero-order chi connectivity index (χ0) is 24.8. The van der Waals surface area contributed by atoms with Crippen molar-refractivity contribution in [1.82, 2.24) is 15.6 Å². The van der Waals surface area contributed by atoms with Crippen molar-refractivity contribution in [2.24, 2.45) is 5.10 Å². The number of carbonyl (C=O) groups is 2. The summed E-state index contributed by atoms with van der Waals surface area (Å²) in [6.45, 7) is 1.78. The van der Waals surface area contributed by atoms with Crippen LogP contribution in [-0.4, -0.2) is 49.6 Å². The van der Waals surface area contributed by atoms with E-state index in [1.165, 1.54) is 39.7 Å². The normalized spacial score (nSPS) is 10.8. The first-order valence-corrected chi connectivity index (χ1v) is 11.2. The van der Waals surface area contributed by atoms with Crippen molar-refractivity contribution >= 4 is 50.0 Å². The average molecular weight is 596 g/mol. The molecule has 1 amide bonds. The summed E-state index contributed by atoms with van der Waals surface area (Å²) in [5.41, 5.74) is 3.91. The molecule has 0 fully saturated rings. The zero-order valence-corrected chi connectivity index (χ0v) is 21.7. The number of benzene rings is 2. The highest BCUT2D eigenvalue weighted by Gasteiger charge is 2.20. The van der Waals surface area contributed by atoms with Gasteiger partial charge in [-0.25, -0.2) is 10.2 Å². The Morgan fingerprint density at radius 3 is 2.24 bits per heavy atom. The molecule has 3 aromatic rings. The van der Waals surface area contributed by atoms with Crippen molar-refractivity contribution in [3.05, 3.63) is 61.8 Å². The van der Waals surface area contributed by atoms with E-state index in [4.69, 9.17) is 18.9 Å². The highest BCUT2D eigenvalue weighted by Crippen LogP contribution is 2.39. The summed E-state index contributed by atoms with van der Waals surface area (Å²) in [6.07, 6.45) is 1.35. The van der Waals surface area contributed by atoms with Gasteiger partial charge in [0, 0.05) is 15.7 Å². The van der Waals surface area contributed by atoms with E-state index in [-0.39, 0.29) is 17.0 Å². The standard InChI is InChI=1S/C22H20Br2N4O6/c1-11-5-16(27-26-11)21(29)28-25-10-13-6-14(23)9-15(24)19(13)34-22(30)12-7-17(31-2)20(33-4)18(8-12)32-3/h5-10H,1-4H3,(H,26,27)(H,28,29)/b25-10-. The summed E-state index contributed by atoms with van der Waals surface area (Å²) in [5, 5.41) is 10.5. The first-order chi connectivity index (χ1) is 16.3. The molecule has 2 aromatic carbocycles. The molecule has 0 aliphatic rings. The monoisotopic (exact) mass is 594 g/mol. The predicted molar refractivity (Wildman–Crippen MR) is 131 cm³/mol. The fourth-order valence-electron chi connectivity index (χ4n) is 2.89. The van der Waals surface area contributed by atoms with E-state index in [1.807, 2.05) is 0 Å². The molecule has 0 spiro atoms. The van der Waals surface area contributed by atoms with Crippen molar-refractivity contribution in [3.63, 3.8) is 0 Å². The summed E-state index contributed by atoms with van der Waals surface area (Å²) in [4.78, 5) is 25.1. The summed E-state index contributed by atoms with van der Waals surface area (Å²) in [5.74, 6) is -0.0141. The molecule has 0 saturated carbocycles. The molecule has 2 N–H and O–H groups in total. The minimum absolute atomic E-state index is 0.175. The molecule has 0 radical (unpaired) electrons. The van der Waals surface area contributed by atoms with E-state index < -0.39 is 11.9 Å². The maximum Gasteiger partial charge on any atom is 0.343 e. The highest BCUT2D eigenvalue weighted by atomic mass is 79.9. The van der Waals surface area contributed by atoms with E-state index in [0.717, 1.165) is 5.69 Å². The molecular formula is C22H20Br2N4O6. The maximum atomic E-state index is 13.0. The second-order valence-electron chi connectivity index (χ2n) is 6.74. The summed E-state index contributed by atoms with van der Waals surface area (Å²) in [7, 11) is 4.37. The summed E-state index contributed by atoms with van der Waals surface area (Å²) >= 11 is 6.79. The van der Waals surface area contributed by atoms with Gasteiger partial charge in [0.2, 0.25) is 5.75 Å². The number of aromatic nitrogens is 2. The number of esters is 1. The van der Waals surface area contributed by atoms with E-state index in [2.05, 4.69) is 52.6 Å². The van der Waals surface area contributed by atoms with Crippen LogP contribution in [0.5, 0.6) is 23.0 Å². The van der Waals surface area contributed by atoms with Crippen LogP contribution < -0.4 is 24.4 Å². The minimum Gasteiger partial charge on any atom is -0.493 e. The number of hydrogen-bond acceptors (Lipinski definition) is 8. The Hall–Kier alpha value is -3.38. The largest absolute Gasteiger partial charge is 0.493 e. The summed E-state index contributed by atoms with van der Waals surface area (Å²) < 4.78 is 22.7. The number of hydrazone groups is 1. The van der Waals surface area contributed by atoms with Crippen molar-refractivity contribution in [2.75, 3.05) is 21.3 Å². The molecule has 178 valence electrons. The summed E-state index contributed by atoms with van der Waals surface area (Å²) in [6, 6.07) is 7.94. The molecule has 0 bridgehead atoms. The molecular weight excluding hydrogens is 576 g/mol. The molecule has 3 rings (SSSR count). The van der Waals surface area contributed by atoms with Crippen LogP contribution in [0.2, 0.25) is 0 Å². The van der Waals surface area contributed by atoms with Crippen molar-refractivity contribution in [1.29, 1.82) is 0 Å². The van der Waals surface area contributed by atoms with Gasteiger partial charge in [0.05, 0.1) is 37.6 Å². The van der Waals surface area contributed by atoms with Gasteiger partial charge in [-0.15, -0.1) is 0 Å². The number of nitrogens with zero attached hydrogens (tertiary/aromatic N) is 2. The lowest BCUT2D eigenvalue weighted by Crippen LogP contribution is -2.18. The van der Waals surface area contributed by atoms with Crippen LogP contribution in [0, 0.1) is 6.92 Å². The molecule has 34 heavy (non-hydrogen) atoms. The number of halogens is 2. The van der Waals surface area contributed by atoms with Crippen LogP contribution >= 0.6 is 31.9 Å². The van der Waals surface area contributed by atoms with Crippen LogP contribution in [-0.2, 0) is 0 Å². The molecule has 10 nitrogen and oxygen atoms in total. The topological polar surface area (TPSA) is 124 Å². The fraction of sp³-hybridized carbons (Fsp3) is 0.182. The molecule has 0 atom stereocenters. The number of amides is 1. The molecule has 0 unspecified atom stereocenters. The third kappa shape index (κ3) is 5.75. The number of rotatable bonds is 8. The van der Waals surface area contributed by atoms with Crippen LogP contribution in [0.3, 0.4) is 0 Å². The molecule has 0 aliphatic carbocycles. The number of H-pyrrole nitrogens is 1. The third-order valence-corrected chi connectivity index (χ3v) is 5.49. The minimum atomic E-state index is -0.673. The Labute approximate surface area is 211 Å². The maximum absolute atomic E-state index is 13.0. The van der Waals surface area contributed by atoms with Gasteiger partial charge in [-0.3, -0.25) is 9.89 Å². The molecule has 12 heteroatoms. The zero-order valence-electron chi connectivity index (χ0n) is 18.6. The van der Waals surface area contributed by atoms with E-state index in [0.29, 0.717) is 31.8 Å².